The Hall–Kier alpha value is -3.22. The summed E-state index contributed by atoms with van der Waals surface area (Å²) >= 11 is 0. The van der Waals surface area contributed by atoms with Crippen molar-refractivity contribution < 1.29 is 9.59 Å². The zero-order valence-electron chi connectivity index (χ0n) is 13.9. The summed E-state index contributed by atoms with van der Waals surface area (Å²) in [6, 6.07) is 13.0. The molecule has 2 heterocycles. The van der Waals surface area contributed by atoms with Gasteiger partial charge in [-0.15, -0.1) is 0 Å². The van der Waals surface area contributed by atoms with Crippen LogP contribution in [0.4, 0.5) is 0 Å². The monoisotopic (exact) mass is 337 g/mol. The van der Waals surface area contributed by atoms with E-state index in [2.05, 4.69) is 20.5 Å². The van der Waals surface area contributed by atoms with E-state index in [1.54, 1.807) is 18.1 Å². The predicted molar refractivity (Wildman–Crippen MR) is 93.8 cm³/mol. The van der Waals surface area contributed by atoms with Crippen LogP contribution in [-0.4, -0.2) is 45.5 Å². The molecule has 0 fully saturated rings. The largest absolute Gasteiger partial charge is 0.350 e. The molecule has 3 rings (SSSR count). The molecule has 0 saturated carbocycles. The van der Waals surface area contributed by atoms with Gasteiger partial charge in [0.05, 0.1) is 17.8 Å². The minimum absolute atomic E-state index is 0.0576. The van der Waals surface area contributed by atoms with Gasteiger partial charge in [-0.3, -0.25) is 19.7 Å². The van der Waals surface area contributed by atoms with E-state index < -0.39 is 0 Å². The van der Waals surface area contributed by atoms with E-state index in [1.807, 2.05) is 42.5 Å². The van der Waals surface area contributed by atoms with Crippen molar-refractivity contribution in [2.24, 2.45) is 0 Å². The van der Waals surface area contributed by atoms with Crippen molar-refractivity contribution in [2.75, 3.05) is 13.6 Å². The molecule has 3 aromatic rings. The van der Waals surface area contributed by atoms with Gasteiger partial charge in [0.15, 0.2) is 5.69 Å². The van der Waals surface area contributed by atoms with Gasteiger partial charge in [0, 0.05) is 31.6 Å². The number of fused-ring (bicyclic) bond motifs is 1. The van der Waals surface area contributed by atoms with E-state index in [0.29, 0.717) is 12.2 Å². The average Bonchev–Trinajstić information content (AvgIpc) is 3.06. The van der Waals surface area contributed by atoms with Crippen LogP contribution in [0.1, 0.15) is 22.6 Å². The average molecular weight is 337 g/mol. The van der Waals surface area contributed by atoms with Crippen molar-refractivity contribution in [3.05, 3.63) is 60.0 Å². The molecule has 0 atom stereocenters. The lowest BCUT2D eigenvalue weighted by atomic mass is 10.2. The Morgan fingerprint density at radius 3 is 2.76 bits per heavy atom. The highest BCUT2D eigenvalue weighted by atomic mass is 16.2. The van der Waals surface area contributed by atoms with Crippen molar-refractivity contribution in [3.8, 4) is 0 Å². The Kier molecular flexibility index (Phi) is 5.03. The predicted octanol–water partition coefficient (Wildman–Crippen LogP) is 1.74. The van der Waals surface area contributed by atoms with Gasteiger partial charge in [0.1, 0.15) is 0 Å². The summed E-state index contributed by atoms with van der Waals surface area (Å²) < 4.78 is 0. The van der Waals surface area contributed by atoms with Gasteiger partial charge in [-0.2, -0.15) is 5.10 Å². The summed E-state index contributed by atoms with van der Waals surface area (Å²) in [7, 11) is 1.72. The van der Waals surface area contributed by atoms with E-state index in [0.717, 1.165) is 16.6 Å². The number of H-pyrrole nitrogens is 1. The molecule has 0 aliphatic rings. The number of amides is 2. The number of pyridine rings is 1. The quantitative estimate of drug-likeness (QED) is 0.717. The fraction of sp³-hybridized carbons (Fsp3) is 0.222. The third-order valence-corrected chi connectivity index (χ3v) is 3.86. The van der Waals surface area contributed by atoms with E-state index in [-0.39, 0.29) is 24.8 Å². The molecule has 0 unspecified atom stereocenters. The first kappa shape index (κ1) is 16.6. The fourth-order valence-electron chi connectivity index (χ4n) is 2.52. The summed E-state index contributed by atoms with van der Waals surface area (Å²) in [4.78, 5) is 30.2. The third-order valence-electron chi connectivity index (χ3n) is 3.86. The highest BCUT2D eigenvalue weighted by molar-refractivity contribution is 6.04. The van der Waals surface area contributed by atoms with Gasteiger partial charge in [-0.1, -0.05) is 24.3 Å². The molecule has 0 spiro atoms. The van der Waals surface area contributed by atoms with Crippen LogP contribution < -0.4 is 5.32 Å². The number of aromatic amines is 1. The minimum Gasteiger partial charge on any atom is -0.350 e. The van der Waals surface area contributed by atoms with Crippen molar-refractivity contribution >= 4 is 22.7 Å². The SMILES string of the molecule is CN(Cc1ccccn1)C(=O)CCNC(=O)c1n[nH]c2ccccc12. The van der Waals surface area contributed by atoms with Crippen LogP contribution in [-0.2, 0) is 11.3 Å². The number of hydrogen-bond donors (Lipinski definition) is 2. The molecule has 128 valence electrons. The topological polar surface area (TPSA) is 91.0 Å². The zero-order chi connectivity index (χ0) is 17.6. The van der Waals surface area contributed by atoms with Crippen LogP contribution >= 0.6 is 0 Å². The summed E-state index contributed by atoms with van der Waals surface area (Å²) in [5.41, 5.74) is 1.97. The van der Waals surface area contributed by atoms with Crippen molar-refractivity contribution in [2.45, 2.75) is 13.0 Å². The van der Waals surface area contributed by atoms with Gasteiger partial charge in [-0.25, -0.2) is 0 Å². The van der Waals surface area contributed by atoms with Gasteiger partial charge in [0.2, 0.25) is 5.91 Å². The van der Waals surface area contributed by atoms with Crippen molar-refractivity contribution in [1.82, 2.24) is 25.4 Å². The molecule has 7 nitrogen and oxygen atoms in total. The summed E-state index contributed by atoms with van der Waals surface area (Å²) in [6.45, 7) is 0.697. The Balaban J connectivity index is 1.50. The summed E-state index contributed by atoms with van der Waals surface area (Å²) in [5, 5.41) is 10.4. The fourth-order valence-corrected chi connectivity index (χ4v) is 2.52. The molecule has 2 aromatic heterocycles. The highest BCUT2D eigenvalue weighted by Gasteiger charge is 2.15. The van der Waals surface area contributed by atoms with Crippen LogP contribution in [0.25, 0.3) is 10.9 Å². The maximum Gasteiger partial charge on any atom is 0.272 e. The van der Waals surface area contributed by atoms with Crippen LogP contribution in [0.5, 0.6) is 0 Å². The van der Waals surface area contributed by atoms with Crippen molar-refractivity contribution in [3.63, 3.8) is 0 Å². The number of nitrogens with one attached hydrogen (secondary N) is 2. The number of carbonyl (C=O) groups is 2. The Labute approximate surface area is 145 Å². The molecule has 7 heteroatoms. The smallest absolute Gasteiger partial charge is 0.272 e. The number of hydrogen-bond acceptors (Lipinski definition) is 4. The molecule has 0 aliphatic carbocycles. The normalized spacial score (nSPS) is 10.6. The number of benzene rings is 1. The van der Waals surface area contributed by atoms with Crippen LogP contribution in [0, 0.1) is 0 Å². The van der Waals surface area contributed by atoms with Gasteiger partial charge >= 0.3 is 0 Å². The van der Waals surface area contributed by atoms with E-state index >= 15 is 0 Å². The number of para-hydroxylation sites is 1. The number of aromatic nitrogens is 3. The number of rotatable bonds is 6. The first-order chi connectivity index (χ1) is 12.1. The van der Waals surface area contributed by atoms with Crippen LogP contribution in [0.15, 0.2) is 48.7 Å². The molecular formula is C18H19N5O2. The van der Waals surface area contributed by atoms with E-state index in [9.17, 15) is 9.59 Å². The molecule has 2 N–H and O–H groups in total. The lowest BCUT2D eigenvalue weighted by Gasteiger charge is -2.16. The molecule has 1 aromatic carbocycles. The minimum atomic E-state index is -0.294. The van der Waals surface area contributed by atoms with Crippen molar-refractivity contribution in [1.29, 1.82) is 0 Å². The van der Waals surface area contributed by atoms with Crippen LogP contribution in [0.2, 0.25) is 0 Å². The Morgan fingerprint density at radius 1 is 1.16 bits per heavy atom. The second-order valence-corrected chi connectivity index (χ2v) is 5.69. The molecule has 0 saturated heterocycles. The molecule has 25 heavy (non-hydrogen) atoms. The lowest BCUT2D eigenvalue weighted by molar-refractivity contribution is -0.130. The second kappa shape index (κ2) is 7.57. The highest BCUT2D eigenvalue weighted by Crippen LogP contribution is 2.14. The first-order valence-corrected chi connectivity index (χ1v) is 8.00. The zero-order valence-corrected chi connectivity index (χ0v) is 13.9. The van der Waals surface area contributed by atoms with Gasteiger partial charge < -0.3 is 10.2 Å². The van der Waals surface area contributed by atoms with E-state index in [4.69, 9.17) is 0 Å². The molecule has 0 radical (unpaired) electrons. The molecule has 2 amide bonds. The standard InChI is InChI=1S/C18H19N5O2/c1-23(12-13-6-4-5-10-19-13)16(24)9-11-20-18(25)17-14-7-2-3-8-15(14)21-22-17/h2-8,10H,9,11-12H2,1H3,(H,20,25)(H,21,22). The Morgan fingerprint density at radius 2 is 1.96 bits per heavy atom. The molecule has 0 bridgehead atoms. The third kappa shape index (κ3) is 4.00. The maximum atomic E-state index is 12.2. The van der Waals surface area contributed by atoms with E-state index in [1.165, 1.54) is 0 Å². The first-order valence-electron chi connectivity index (χ1n) is 8.00. The van der Waals surface area contributed by atoms with Crippen LogP contribution in [0.3, 0.4) is 0 Å². The number of carbonyl (C=O) groups excluding carboxylic acids is 2. The second-order valence-electron chi connectivity index (χ2n) is 5.69. The number of nitrogens with zero attached hydrogens (tertiary/aromatic N) is 3. The molecule has 0 aliphatic heterocycles. The van der Waals surface area contributed by atoms with Gasteiger partial charge in [0.25, 0.3) is 5.91 Å². The molecular weight excluding hydrogens is 318 g/mol. The lowest BCUT2D eigenvalue weighted by Crippen LogP contribution is -2.32. The van der Waals surface area contributed by atoms with Gasteiger partial charge in [-0.05, 0) is 18.2 Å². The summed E-state index contributed by atoms with van der Waals surface area (Å²) in [5.74, 6) is -0.351. The maximum absolute atomic E-state index is 12.2. The summed E-state index contributed by atoms with van der Waals surface area (Å²) in [6.07, 6.45) is 1.92. The Bertz CT molecular complexity index is 875.